The Morgan fingerprint density at radius 3 is 2.62 bits per heavy atom. The quantitative estimate of drug-likeness (QED) is 0.788. The zero-order valence-electron chi connectivity index (χ0n) is 11.4. The van der Waals surface area contributed by atoms with Gasteiger partial charge >= 0.3 is 0 Å². The van der Waals surface area contributed by atoms with Crippen molar-refractivity contribution in [2.75, 3.05) is 18.4 Å². The average Bonchev–Trinajstić information content (AvgIpc) is 2.76. The van der Waals surface area contributed by atoms with Crippen LogP contribution in [0.2, 0.25) is 0 Å². The number of benzene rings is 1. The maximum atomic E-state index is 12.1. The van der Waals surface area contributed by atoms with Gasteiger partial charge in [-0.2, -0.15) is 5.10 Å². The highest BCUT2D eigenvalue weighted by molar-refractivity contribution is 9.10. The zero-order valence-corrected chi connectivity index (χ0v) is 13.0. The molecule has 21 heavy (non-hydrogen) atoms. The molecule has 3 rings (SSSR count). The van der Waals surface area contributed by atoms with Crippen molar-refractivity contribution in [1.82, 2.24) is 15.5 Å². The van der Waals surface area contributed by atoms with E-state index >= 15 is 0 Å². The van der Waals surface area contributed by atoms with Gasteiger partial charge in [0.2, 0.25) is 0 Å². The average molecular weight is 351 g/mol. The molecule has 1 amide bonds. The number of H-pyrrole nitrogens is 1. The van der Waals surface area contributed by atoms with Crippen molar-refractivity contribution in [3.8, 4) is 5.75 Å². The number of aromatic nitrogens is 2. The molecule has 3 N–H and O–H groups in total. The second-order valence-electron chi connectivity index (χ2n) is 4.89. The van der Waals surface area contributed by atoms with Gasteiger partial charge in [-0.25, -0.2) is 0 Å². The number of aryl methyl sites for hydroxylation is 1. The van der Waals surface area contributed by atoms with Crippen LogP contribution >= 0.6 is 15.9 Å². The molecular formula is C14H15BrN4O2. The van der Waals surface area contributed by atoms with E-state index in [1.807, 2.05) is 31.2 Å². The first-order chi connectivity index (χ1) is 10.1. The molecule has 0 spiro atoms. The third-order valence-electron chi connectivity index (χ3n) is 3.25. The van der Waals surface area contributed by atoms with E-state index in [0.29, 0.717) is 15.9 Å². The van der Waals surface area contributed by atoms with Crippen LogP contribution in [0.25, 0.3) is 0 Å². The van der Waals surface area contributed by atoms with Crippen molar-refractivity contribution in [1.29, 1.82) is 0 Å². The predicted molar refractivity (Wildman–Crippen MR) is 82.7 cm³/mol. The van der Waals surface area contributed by atoms with Crippen LogP contribution in [0, 0.1) is 6.92 Å². The summed E-state index contributed by atoms with van der Waals surface area (Å²) in [5.41, 5.74) is 1.86. The topological polar surface area (TPSA) is 79.0 Å². The number of amides is 1. The Balaban J connectivity index is 1.64. The summed E-state index contributed by atoms with van der Waals surface area (Å²) in [6, 6.07) is 7.32. The first-order valence-electron chi connectivity index (χ1n) is 6.63. The first kappa shape index (κ1) is 14.1. The second-order valence-corrected chi connectivity index (χ2v) is 5.68. The Hall–Kier alpha value is -1.86. The lowest BCUT2D eigenvalue weighted by atomic mass is 10.2. The molecule has 1 fully saturated rings. The van der Waals surface area contributed by atoms with Crippen LogP contribution in [0.15, 0.2) is 28.7 Å². The molecule has 1 aliphatic rings. The normalized spacial score (nSPS) is 14.6. The largest absolute Gasteiger partial charge is 0.488 e. The number of ether oxygens (including phenoxy) is 1. The molecule has 7 heteroatoms. The van der Waals surface area contributed by atoms with Gasteiger partial charge in [0.05, 0.1) is 4.47 Å². The number of nitrogens with one attached hydrogen (secondary N) is 3. The summed E-state index contributed by atoms with van der Waals surface area (Å²) in [5, 5.41) is 12.7. The van der Waals surface area contributed by atoms with E-state index in [4.69, 9.17) is 4.74 Å². The molecule has 1 aliphatic heterocycles. The highest BCUT2D eigenvalue weighted by Gasteiger charge is 2.18. The molecule has 1 saturated heterocycles. The molecule has 2 heterocycles. The maximum absolute atomic E-state index is 12.1. The van der Waals surface area contributed by atoms with Gasteiger partial charge in [-0.1, -0.05) is 0 Å². The van der Waals surface area contributed by atoms with E-state index in [0.717, 1.165) is 24.5 Å². The summed E-state index contributed by atoms with van der Waals surface area (Å²) >= 11 is 3.34. The highest BCUT2D eigenvalue weighted by atomic mass is 79.9. The van der Waals surface area contributed by atoms with Crippen LogP contribution in [0.1, 0.15) is 16.2 Å². The van der Waals surface area contributed by atoms with Gasteiger partial charge in [0.15, 0.2) is 5.69 Å². The van der Waals surface area contributed by atoms with Crippen molar-refractivity contribution in [3.63, 3.8) is 0 Å². The minimum absolute atomic E-state index is 0.244. The van der Waals surface area contributed by atoms with E-state index in [-0.39, 0.29) is 12.0 Å². The lowest BCUT2D eigenvalue weighted by Gasteiger charge is -2.27. The number of aromatic amines is 1. The highest BCUT2D eigenvalue weighted by Crippen LogP contribution is 2.21. The van der Waals surface area contributed by atoms with E-state index in [2.05, 4.69) is 36.8 Å². The fourth-order valence-corrected chi connectivity index (χ4v) is 2.27. The molecule has 0 bridgehead atoms. The number of hydrogen-bond acceptors (Lipinski definition) is 4. The van der Waals surface area contributed by atoms with E-state index in [1.165, 1.54) is 0 Å². The van der Waals surface area contributed by atoms with Crippen molar-refractivity contribution < 1.29 is 9.53 Å². The van der Waals surface area contributed by atoms with Crippen LogP contribution in [0.5, 0.6) is 5.75 Å². The van der Waals surface area contributed by atoms with Crippen LogP contribution in [-0.2, 0) is 0 Å². The van der Waals surface area contributed by atoms with Crippen LogP contribution in [0.3, 0.4) is 0 Å². The van der Waals surface area contributed by atoms with E-state index < -0.39 is 0 Å². The van der Waals surface area contributed by atoms with Crippen LogP contribution < -0.4 is 15.4 Å². The number of halogens is 1. The third-order valence-corrected chi connectivity index (χ3v) is 4.22. The van der Waals surface area contributed by atoms with Gasteiger partial charge in [0, 0.05) is 24.5 Å². The Labute approximate surface area is 130 Å². The molecule has 1 aromatic carbocycles. The lowest BCUT2D eigenvalue weighted by molar-refractivity contribution is 0.102. The number of hydrogen-bond donors (Lipinski definition) is 3. The summed E-state index contributed by atoms with van der Waals surface area (Å²) in [6.07, 6.45) is 0.244. The van der Waals surface area contributed by atoms with Gasteiger partial charge < -0.3 is 15.4 Å². The fraction of sp³-hybridized carbons (Fsp3) is 0.286. The molecule has 0 atom stereocenters. The van der Waals surface area contributed by atoms with E-state index in [9.17, 15) is 4.79 Å². The molecule has 0 radical (unpaired) electrons. The smallest absolute Gasteiger partial charge is 0.277 e. The molecule has 0 unspecified atom stereocenters. The van der Waals surface area contributed by atoms with Crippen molar-refractivity contribution in [2.24, 2.45) is 0 Å². The standard InChI is InChI=1S/C14H15BrN4O2/c1-8-12(15)13(19-18-8)14(20)17-9-2-4-10(5-3-9)21-11-6-16-7-11/h2-5,11,16H,6-7H2,1H3,(H,17,20)(H,18,19). The van der Waals surface area contributed by atoms with Crippen molar-refractivity contribution >= 4 is 27.5 Å². The Morgan fingerprint density at radius 1 is 1.38 bits per heavy atom. The van der Waals surface area contributed by atoms with Gasteiger partial charge in [-0.15, -0.1) is 0 Å². The van der Waals surface area contributed by atoms with Gasteiger partial charge in [-0.3, -0.25) is 9.89 Å². The van der Waals surface area contributed by atoms with Crippen molar-refractivity contribution in [3.05, 3.63) is 40.1 Å². The Kier molecular flexibility index (Phi) is 3.94. The minimum Gasteiger partial charge on any atom is -0.488 e. The van der Waals surface area contributed by atoms with Gasteiger partial charge in [0.25, 0.3) is 5.91 Å². The Morgan fingerprint density at radius 2 is 2.10 bits per heavy atom. The number of anilines is 1. The summed E-state index contributed by atoms with van der Waals surface area (Å²) in [7, 11) is 0. The number of carbonyl (C=O) groups excluding carboxylic acids is 1. The molecule has 6 nitrogen and oxygen atoms in total. The summed E-state index contributed by atoms with van der Waals surface area (Å²) in [5.74, 6) is 0.541. The molecule has 0 saturated carbocycles. The zero-order chi connectivity index (χ0) is 14.8. The Bertz CT molecular complexity index is 649. The summed E-state index contributed by atoms with van der Waals surface area (Å²) < 4.78 is 6.40. The lowest BCUT2D eigenvalue weighted by Crippen LogP contribution is -2.50. The van der Waals surface area contributed by atoms with Crippen LogP contribution in [-0.4, -0.2) is 35.3 Å². The maximum Gasteiger partial charge on any atom is 0.277 e. The SMILES string of the molecule is Cc1[nH]nc(C(=O)Nc2ccc(OC3CNC3)cc2)c1Br. The minimum atomic E-state index is -0.261. The second kappa shape index (κ2) is 5.87. The first-order valence-corrected chi connectivity index (χ1v) is 7.42. The molecule has 1 aromatic heterocycles. The number of rotatable bonds is 4. The molecular weight excluding hydrogens is 336 g/mol. The number of carbonyl (C=O) groups is 1. The molecule has 0 aliphatic carbocycles. The number of nitrogens with zero attached hydrogens (tertiary/aromatic N) is 1. The predicted octanol–water partition coefficient (Wildman–Crippen LogP) is 2.08. The monoisotopic (exact) mass is 350 g/mol. The molecule has 2 aromatic rings. The molecule has 110 valence electrons. The third kappa shape index (κ3) is 3.08. The van der Waals surface area contributed by atoms with E-state index in [1.54, 1.807) is 0 Å². The summed E-state index contributed by atoms with van der Waals surface area (Å²) in [4.78, 5) is 12.1. The fourth-order valence-electron chi connectivity index (χ4n) is 1.91. The van der Waals surface area contributed by atoms with Crippen LogP contribution in [0.4, 0.5) is 5.69 Å². The van der Waals surface area contributed by atoms with Gasteiger partial charge in [0.1, 0.15) is 11.9 Å². The van der Waals surface area contributed by atoms with Crippen molar-refractivity contribution in [2.45, 2.75) is 13.0 Å². The van der Waals surface area contributed by atoms with Gasteiger partial charge in [-0.05, 0) is 47.1 Å². The summed E-state index contributed by atoms with van der Waals surface area (Å²) in [6.45, 7) is 3.60.